The van der Waals surface area contributed by atoms with Crippen molar-refractivity contribution in [3.05, 3.63) is 65.7 Å². The number of rotatable bonds is 15. The molecule has 42 heavy (non-hydrogen) atoms. The summed E-state index contributed by atoms with van der Waals surface area (Å²) in [4.78, 5) is 41.9. The molecule has 2 aromatic carbocycles. The smallest absolute Gasteiger partial charge is 0.326 e. The number of ketones is 1. The van der Waals surface area contributed by atoms with E-state index in [9.17, 15) is 27.9 Å². The summed E-state index contributed by atoms with van der Waals surface area (Å²) < 4.78 is 27.4. The lowest BCUT2D eigenvalue weighted by molar-refractivity contribution is -0.142. The minimum Gasteiger partial charge on any atom is -0.480 e. The van der Waals surface area contributed by atoms with Gasteiger partial charge in [0, 0.05) is 38.9 Å². The predicted molar refractivity (Wildman–Crippen MR) is 159 cm³/mol. The first kappa shape index (κ1) is 31.2. The molecule has 12 heteroatoms. The van der Waals surface area contributed by atoms with Crippen LogP contribution in [-0.4, -0.2) is 79.7 Å². The third-order valence-corrected chi connectivity index (χ3v) is 9.36. The van der Waals surface area contributed by atoms with Gasteiger partial charge in [-0.1, -0.05) is 48.9 Å². The molecule has 4 N–H and O–H groups in total. The van der Waals surface area contributed by atoms with Crippen LogP contribution >= 0.6 is 0 Å². The highest BCUT2D eigenvalue weighted by atomic mass is 32.2. The fourth-order valence-electron chi connectivity index (χ4n) is 5.18. The highest BCUT2D eigenvalue weighted by molar-refractivity contribution is 7.89. The fraction of sp³-hybridized carbons (Fsp3) is 0.467. The molecule has 4 rings (SSSR count). The van der Waals surface area contributed by atoms with E-state index in [1.165, 1.54) is 12.1 Å². The van der Waals surface area contributed by atoms with Crippen LogP contribution in [-0.2, 0) is 37.2 Å². The molecule has 0 aliphatic carbocycles. The third-order valence-electron chi connectivity index (χ3n) is 7.43. The Labute approximate surface area is 246 Å². The molecule has 1 saturated heterocycles. The molecule has 2 aliphatic rings. The quantitative estimate of drug-likeness (QED) is 0.227. The number of hydrogen-bond acceptors (Lipinski definition) is 8. The minimum atomic E-state index is -3.89. The largest absolute Gasteiger partial charge is 0.480 e. The number of aliphatic carboxylic acids is 1. The summed E-state index contributed by atoms with van der Waals surface area (Å²) in [6.07, 6.45) is 4.41. The molecule has 2 atom stereocenters. The monoisotopic (exact) mass is 597 g/mol. The molecule has 1 amide bonds. The van der Waals surface area contributed by atoms with Gasteiger partial charge in [0.2, 0.25) is 15.9 Å². The summed E-state index contributed by atoms with van der Waals surface area (Å²) in [7, 11) is -3.89. The van der Waals surface area contributed by atoms with Crippen molar-refractivity contribution in [3.8, 4) is 0 Å². The molecule has 0 spiro atoms. The summed E-state index contributed by atoms with van der Waals surface area (Å²) >= 11 is 0. The lowest BCUT2D eigenvalue weighted by Gasteiger charge is -2.25. The van der Waals surface area contributed by atoms with Crippen LogP contribution < -0.4 is 16.0 Å². The second-order valence-electron chi connectivity index (χ2n) is 10.6. The number of guanidine groups is 1. The highest BCUT2D eigenvalue weighted by Crippen LogP contribution is 2.26. The highest BCUT2D eigenvalue weighted by Gasteiger charge is 2.40. The molecular weight excluding hydrogens is 558 g/mol. The van der Waals surface area contributed by atoms with Crippen molar-refractivity contribution in [2.24, 2.45) is 4.99 Å². The van der Waals surface area contributed by atoms with E-state index in [4.69, 9.17) is 0 Å². The van der Waals surface area contributed by atoms with Gasteiger partial charge in [0.05, 0.1) is 11.4 Å². The Bertz CT molecular complexity index is 1360. The summed E-state index contributed by atoms with van der Waals surface area (Å²) in [6, 6.07) is 12.8. The van der Waals surface area contributed by atoms with Gasteiger partial charge in [-0.05, 0) is 48.9 Å². The number of benzene rings is 2. The normalized spacial score (nSPS) is 17.7. The van der Waals surface area contributed by atoms with E-state index in [2.05, 4.69) is 20.9 Å². The first-order valence-corrected chi connectivity index (χ1v) is 15.9. The number of amides is 1. The van der Waals surface area contributed by atoms with E-state index in [0.29, 0.717) is 31.2 Å². The lowest BCUT2D eigenvalue weighted by Crippen LogP contribution is -2.51. The van der Waals surface area contributed by atoms with Gasteiger partial charge in [-0.2, -0.15) is 4.31 Å². The zero-order chi connectivity index (χ0) is 30.0. The van der Waals surface area contributed by atoms with Crippen molar-refractivity contribution in [1.29, 1.82) is 0 Å². The standard InChI is InChI=1S/C30H39N5O6S/c36-24(8-3-2-6-16-31-30-32-17-18-33-30)20-22-12-14-23(15-13-22)21-26(29(38)39)34-28(37)27-11-7-19-35(27)42(40,41)25-9-4-1-5-10-25/h1,4-5,9-10,12-15,26-27H,2-3,6-8,11,16-21H2,(H,34,37)(H,38,39)(H2,31,32,33)/t26?,27-/m0/s1. The zero-order valence-electron chi connectivity index (χ0n) is 23.6. The first-order chi connectivity index (χ1) is 20.2. The van der Waals surface area contributed by atoms with Gasteiger partial charge in [0.1, 0.15) is 17.9 Å². The van der Waals surface area contributed by atoms with Gasteiger partial charge >= 0.3 is 5.97 Å². The number of carbonyl (C=O) groups excluding carboxylic acids is 2. The Balaban J connectivity index is 1.24. The second kappa shape index (κ2) is 14.9. The maximum atomic E-state index is 13.1. The molecule has 2 aliphatic heterocycles. The van der Waals surface area contributed by atoms with Gasteiger partial charge in [0.25, 0.3) is 0 Å². The number of carboxylic acid groups (broad SMARTS) is 1. The predicted octanol–water partition coefficient (Wildman–Crippen LogP) is 1.87. The summed E-state index contributed by atoms with van der Waals surface area (Å²) in [5, 5.41) is 18.7. The third kappa shape index (κ3) is 8.62. The summed E-state index contributed by atoms with van der Waals surface area (Å²) in [5.74, 6) is -0.830. The van der Waals surface area contributed by atoms with E-state index in [-0.39, 0.29) is 23.6 Å². The number of unbranched alkanes of at least 4 members (excludes halogenated alkanes) is 2. The SMILES string of the molecule is O=C(CCCCCNC1=NCCN1)Cc1ccc(CC(NC(=O)[C@@H]2CCCN2S(=O)(=O)c2ccccc2)C(=O)O)cc1. The van der Waals surface area contributed by atoms with Crippen LogP contribution in [0.3, 0.4) is 0 Å². The second-order valence-corrected chi connectivity index (χ2v) is 12.5. The molecule has 0 aromatic heterocycles. The van der Waals surface area contributed by atoms with E-state index in [1.54, 1.807) is 42.5 Å². The van der Waals surface area contributed by atoms with Gasteiger partial charge in [0.15, 0.2) is 5.96 Å². The van der Waals surface area contributed by atoms with Crippen molar-refractivity contribution < 1.29 is 27.9 Å². The van der Waals surface area contributed by atoms with Gasteiger partial charge in [-0.25, -0.2) is 13.2 Å². The number of aliphatic imine (C=N–C) groups is 1. The molecule has 1 unspecified atom stereocenters. The van der Waals surface area contributed by atoms with E-state index < -0.39 is 34.0 Å². The van der Waals surface area contributed by atoms with Crippen molar-refractivity contribution in [2.45, 2.75) is 68.3 Å². The number of sulfonamides is 1. The molecule has 0 radical (unpaired) electrons. The number of nitrogens with zero attached hydrogens (tertiary/aromatic N) is 2. The molecule has 0 saturated carbocycles. The van der Waals surface area contributed by atoms with Gasteiger partial charge < -0.3 is 21.1 Å². The Morgan fingerprint density at radius 2 is 1.76 bits per heavy atom. The Hall–Kier alpha value is -3.77. The number of carbonyl (C=O) groups is 3. The number of Topliss-reactive ketones (excluding diaryl/α,β-unsaturated/α-hetero) is 1. The molecular formula is C30H39N5O6S. The lowest BCUT2D eigenvalue weighted by atomic mass is 10.00. The molecule has 2 heterocycles. The Kier molecular flexibility index (Phi) is 11.1. The van der Waals surface area contributed by atoms with Crippen LogP contribution in [0.2, 0.25) is 0 Å². The van der Waals surface area contributed by atoms with E-state index in [0.717, 1.165) is 54.7 Å². The topological polar surface area (TPSA) is 157 Å². The number of nitrogens with one attached hydrogen (secondary N) is 3. The summed E-state index contributed by atoms with van der Waals surface area (Å²) in [5.41, 5.74) is 1.53. The number of hydrogen-bond donors (Lipinski definition) is 4. The van der Waals surface area contributed by atoms with Crippen LogP contribution in [0.1, 0.15) is 49.7 Å². The molecule has 1 fully saturated rings. The van der Waals surface area contributed by atoms with Crippen molar-refractivity contribution in [3.63, 3.8) is 0 Å². The van der Waals surface area contributed by atoms with Crippen molar-refractivity contribution in [1.82, 2.24) is 20.3 Å². The average molecular weight is 598 g/mol. The maximum Gasteiger partial charge on any atom is 0.326 e. The Morgan fingerprint density at radius 1 is 1.02 bits per heavy atom. The van der Waals surface area contributed by atoms with Gasteiger partial charge in [-0.3, -0.25) is 14.6 Å². The maximum absolute atomic E-state index is 13.1. The van der Waals surface area contributed by atoms with Crippen LogP contribution in [0.5, 0.6) is 0 Å². The van der Waals surface area contributed by atoms with Gasteiger partial charge in [-0.15, -0.1) is 0 Å². The molecule has 11 nitrogen and oxygen atoms in total. The first-order valence-electron chi connectivity index (χ1n) is 14.5. The molecule has 226 valence electrons. The van der Waals surface area contributed by atoms with Crippen molar-refractivity contribution in [2.75, 3.05) is 26.2 Å². The zero-order valence-corrected chi connectivity index (χ0v) is 24.4. The van der Waals surface area contributed by atoms with Crippen molar-refractivity contribution >= 4 is 33.6 Å². The average Bonchev–Trinajstić information content (AvgIpc) is 3.69. The van der Waals surface area contributed by atoms with E-state index >= 15 is 0 Å². The van der Waals surface area contributed by atoms with Crippen LogP contribution in [0.4, 0.5) is 0 Å². The molecule has 0 bridgehead atoms. The van der Waals surface area contributed by atoms with Crippen LogP contribution in [0, 0.1) is 0 Å². The molecule has 2 aromatic rings. The van der Waals surface area contributed by atoms with Crippen LogP contribution in [0.15, 0.2) is 64.5 Å². The minimum absolute atomic E-state index is 0.0312. The Morgan fingerprint density at radius 3 is 2.45 bits per heavy atom. The van der Waals surface area contributed by atoms with Crippen LogP contribution in [0.25, 0.3) is 0 Å². The summed E-state index contributed by atoms with van der Waals surface area (Å²) in [6.45, 7) is 2.69. The van der Waals surface area contributed by atoms with E-state index in [1.807, 2.05) is 0 Å². The number of carboxylic acids is 1. The fourth-order valence-corrected chi connectivity index (χ4v) is 6.86.